The summed E-state index contributed by atoms with van der Waals surface area (Å²) < 4.78 is 5.47. The molecular formula is C19H28N4O2S. The molecule has 26 heavy (non-hydrogen) atoms. The summed E-state index contributed by atoms with van der Waals surface area (Å²) in [5.74, 6) is 1.02. The number of piperidine rings is 1. The predicted molar refractivity (Wildman–Crippen MR) is 103 cm³/mol. The second kappa shape index (κ2) is 8.63. The van der Waals surface area contributed by atoms with Gasteiger partial charge in [0.05, 0.1) is 23.8 Å². The average Bonchev–Trinajstić information content (AvgIpc) is 3.34. The SMILES string of the molecule is OC[C@H]1C[C@@H](CN2CCOCC2)CN(Cc2ccc(-c3ccn[nH]3)s2)C1. The van der Waals surface area contributed by atoms with Crippen LogP contribution >= 0.6 is 11.3 Å². The molecule has 2 aliphatic heterocycles. The molecule has 7 heteroatoms. The van der Waals surface area contributed by atoms with Gasteiger partial charge in [-0.1, -0.05) is 0 Å². The van der Waals surface area contributed by atoms with Crippen molar-refractivity contribution in [3.8, 4) is 10.6 Å². The van der Waals surface area contributed by atoms with Crippen LogP contribution in [0.4, 0.5) is 0 Å². The molecule has 142 valence electrons. The van der Waals surface area contributed by atoms with E-state index in [0.717, 1.165) is 64.6 Å². The molecule has 0 aromatic carbocycles. The molecule has 0 radical (unpaired) electrons. The number of ether oxygens (including phenoxy) is 1. The number of likely N-dealkylation sites (tertiary alicyclic amines) is 1. The summed E-state index contributed by atoms with van der Waals surface area (Å²) in [6, 6.07) is 6.41. The number of thiophene rings is 1. The standard InChI is InChI=1S/C19H28N4O2S/c24-14-16-9-15(10-22-5-7-25-8-6-22)11-23(12-16)13-17-1-2-19(26-17)18-3-4-20-21-18/h1-4,15-16,24H,5-14H2,(H,20,21)/t15-,16-/m0/s1. The van der Waals surface area contributed by atoms with Crippen molar-refractivity contribution in [2.24, 2.45) is 11.8 Å². The van der Waals surface area contributed by atoms with Crippen molar-refractivity contribution >= 4 is 11.3 Å². The number of hydrogen-bond acceptors (Lipinski definition) is 6. The average molecular weight is 377 g/mol. The van der Waals surface area contributed by atoms with Gasteiger partial charge in [-0.25, -0.2) is 0 Å². The maximum Gasteiger partial charge on any atom is 0.0749 e. The monoisotopic (exact) mass is 376 g/mol. The molecule has 2 N–H and O–H groups in total. The Kier molecular flexibility index (Phi) is 6.01. The van der Waals surface area contributed by atoms with E-state index in [1.807, 2.05) is 17.4 Å². The summed E-state index contributed by atoms with van der Waals surface area (Å²) >= 11 is 1.83. The van der Waals surface area contributed by atoms with Gasteiger partial charge in [-0.15, -0.1) is 11.3 Å². The Balaban J connectivity index is 1.37. The van der Waals surface area contributed by atoms with Gasteiger partial charge >= 0.3 is 0 Å². The van der Waals surface area contributed by atoms with E-state index in [4.69, 9.17) is 4.74 Å². The van der Waals surface area contributed by atoms with Crippen LogP contribution in [0.5, 0.6) is 0 Å². The Hall–Kier alpha value is -1.25. The number of morpholine rings is 1. The van der Waals surface area contributed by atoms with Crippen molar-refractivity contribution in [2.75, 3.05) is 52.5 Å². The van der Waals surface area contributed by atoms with Crippen LogP contribution in [0.2, 0.25) is 0 Å². The fourth-order valence-electron chi connectivity index (χ4n) is 4.19. The number of aliphatic hydroxyl groups is 1. The topological polar surface area (TPSA) is 64.6 Å². The van der Waals surface area contributed by atoms with E-state index in [0.29, 0.717) is 18.4 Å². The zero-order valence-corrected chi connectivity index (χ0v) is 16.0. The minimum atomic E-state index is 0.292. The first kappa shape index (κ1) is 18.1. The Bertz CT molecular complexity index is 669. The Morgan fingerprint density at radius 1 is 1.15 bits per heavy atom. The third kappa shape index (κ3) is 4.53. The van der Waals surface area contributed by atoms with Gasteiger partial charge in [-0.05, 0) is 36.5 Å². The lowest BCUT2D eigenvalue weighted by Crippen LogP contribution is -2.47. The molecule has 4 heterocycles. The van der Waals surface area contributed by atoms with E-state index < -0.39 is 0 Å². The highest BCUT2D eigenvalue weighted by atomic mass is 32.1. The van der Waals surface area contributed by atoms with Crippen LogP contribution in [0, 0.1) is 11.8 Å². The van der Waals surface area contributed by atoms with Gasteiger partial charge in [0, 0.05) is 56.9 Å². The van der Waals surface area contributed by atoms with E-state index in [-0.39, 0.29) is 0 Å². The molecule has 0 aliphatic carbocycles. The third-order valence-electron chi connectivity index (χ3n) is 5.39. The van der Waals surface area contributed by atoms with Crippen molar-refractivity contribution in [3.05, 3.63) is 29.3 Å². The molecule has 0 amide bonds. The smallest absolute Gasteiger partial charge is 0.0749 e. The molecule has 0 saturated carbocycles. The third-order valence-corrected chi connectivity index (χ3v) is 6.49. The molecule has 0 unspecified atom stereocenters. The second-order valence-electron chi connectivity index (χ2n) is 7.49. The van der Waals surface area contributed by atoms with Crippen molar-refractivity contribution in [1.82, 2.24) is 20.0 Å². The number of H-pyrrole nitrogens is 1. The van der Waals surface area contributed by atoms with Crippen molar-refractivity contribution in [1.29, 1.82) is 0 Å². The van der Waals surface area contributed by atoms with Crippen LogP contribution < -0.4 is 0 Å². The van der Waals surface area contributed by atoms with Crippen LogP contribution in [0.25, 0.3) is 10.6 Å². The number of aromatic amines is 1. The zero-order chi connectivity index (χ0) is 17.8. The quantitative estimate of drug-likeness (QED) is 0.806. The number of nitrogens with one attached hydrogen (secondary N) is 1. The fraction of sp³-hybridized carbons (Fsp3) is 0.632. The van der Waals surface area contributed by atoms with Gasteiger partial charge in [0.2, 0.25) is 0 Å². The molecule has 2 fully saturated rings. The maximum absolute atomic E-state index is 9.76. The minimum absolute atomic E-state index is 0.292. The van der Waals surface area contributed by atoms with E-state index in [9.17, 15) is 5.11 Å². The first-order valence-electron chi connectivity index (χ1n) is 9.52. The summed E-state index contributed by atoms with van der Waals surface area (Å²) in [5, 5.41) is 16.8. The van der Waals surface area contributed by atoms with E-state index in [1.165, 1.54) is 9.75 Å². The largest absolute Gasteiger partial charge is 0.396 e. The van der Waals surface area contributed by atoms with Gasteiger partial charge in [0.1, 0.15) is 0 Å². The van der Waals surface area contributed by atoms with Crippen molar-refractivity contribution < 1.29 is 9.84 Å². The van der Waals surface area contributed by atoms with Crippen LogP contribution in [-0.4, -0.2) is 77.6 Å². The van der Waals surface area contributed by atoms with E-state index in [1.54, 1.807) is 6.20 Å². The van der Waals surface area contributed by atoms with Crippen molar-refractivity contribution in [2.45, 2.75) is 13.0 Å². The van der Waals surface area contributed by atoms with Crippen LogP contribution in [0.1, 0.15) is 11.3 Å². The number of aliphatic hydroxyl groups excluding tert-OH is 1. The molecule has 0 spiro atoms. The predicted octanol–water partition coefficient (Wildman–Crippen LogP) is 1.90. The second-order valence-corrected chi connectivity index (χ2v) is 8.66. The normalized spacial score (nSPS) is 25.6. The lowest BCUT2D eigenvalue weighted by Gasteiger charge is -2.39. The van der Waals surface area contributed by atoms with E-state index >= 15 is 0 Å². The summed E-state index contributed by atoms with van der Waals surface area (Å²) in [7, 11) is 0. The highest BCUT2D eigenvalue weighted by molar-refractivity contribution is 7.15. The Morgan fingerprint density at radius 3 is 2.77 bits per heavy atom. The first-order chi connectivity index (χ1) is 12.8. The molecule has 0 bridgehead atoms. The molecule has 2 aromatic rings. The van der Waals surface area contributed by atoms with Crippen molar-refractivity contribution in [3.63, 3.8) is 0 Å². The number of aromatic nitrogens is 2. The minimum Gasteiger partial charge on any atom is -0.396 e. The lowest BCUT2D eigenvalue weighted by atomic mass is 9.89. The summed E-state index contributed by atoms with van der Waals surface area (Å²) in [5.41, 5.74) is 1.08. The highest BCUT2D eigenvalue weighted by Crippen LogP contribution is 2.29. The summed E-state index contributed by atoms with van der Waals surface area (Å²) in [4.78, 5) is 7.66. The van der Waals surface area contributed by atoms with Gasteiger partial charge in [0.15, 0.2) is 0 Å². The molecule has 2 aliphatic rings. The van der Waals surface area contributed by atoms with E-state index in [2.05, 4.69) is 32.1 Å². The molecule has 2 aromatic heterocycles. The molecule has 2 saturated heterocycles. The summed E-state index contributed by atoms with van der Waals surface area (Å²) in [6.45, 7) is 8.28. The Morgan fingerprint density at radius 2 is 2.00 bits per heavy atom. The number of hydrogen-bond donors (Lipinski definition) is 2. The lowest BCUT2D eigenvalue weighted by molar-refractivity contribution is 0.0119. The van der Waals surface area contributed by atoms with Gasteiger partial charge in [-0.2, -0.15) is 5.10 Å². The number of nitrogens with zero attached hydrogens (tertiary/aromatic N) is 3. The molecule has 4 rings (SSSR count). The molecule has 6 nitrogen and oxygen atoms in total. The fourth-order valence-corrected chi connectivity index (χ4v) is 5.21. The molecule has 2 atom stereocenters. The summed E-state index contributed by atoms with van der Waals surface area (Å²) in [6.07, 6.45) is 2.93. The first-order valence-corrected chi connectivity index (χ1v) is 10.3. The molecular weight excluding hydrogens is 348 g/mol. The van der Waals surface area contributed by atoms with Gasteiger partial charge in [-0.3, -0.25) is 14.9 Å². The van der Waals surface area contributed by atoms with Crippen LogP contribution in [0.15, 0.2) is 24.4 Å². The van der Waals surface area contributed by atoms with Crippen LogP contribution in [0.3, 0.4) is 0 Å². The van der Waals surface area contributed by atoms with Gasteiger partial charge in [0.25, 0.3) is 0 Å². The maximum atomic E-state index is 9.76. The van der Waals surface area contributed by atoms with Gasteiger partial charge < -0.3 is 9.84 Å². The highest BCUT2D eigenvalue weighted by Gasteiger charge is 2.29. The zero-order valence-electron chi connectivity index (χ0n) is 15.1. The van der Waals surface area contributed by atoms with Crippen LogP contribution in [-0.2, 0) is 11.3 Å². The Labute approximate surface area is 158 Å². The number of rotatable bonds is 6.